The predicted molar refractivity (Wildman–Crippen MR) is 74.7 cm³/mol. The van der Waals surface area contributed by atoms with Gasteiger partial charge in [0.1, 0.15) is 5.75 Å². The number of carbonyl (C=O) groups excluding carboxylic acids is 2. The molecule has 0 fully saturated rings. The first-order valence-corrected chi connectivity index (χ1v) is 6.44. The molecule has 1 amide bonds. The van der Waals surface area contributed by atoms with Crippen molar-refractivity contribution < 1.29 is 14.3 Å². The quantitative estimate of drug-likeness (QED) is 0.802. The minimum atomic E-state index is -0.135. The molecule has 0 bridgehead atoms. The normalized spacial score (nSPS) is 10.1. The minimum Gasteiger partial charge on any atom is -0.496 e. The predicted octanol–water partition coefficient (Wildman–Crippen LogP) is 2.41. The van der Waals surface area contributed by atoms with E-state index in [9.17, 15) is 9.59 Å². The third kappa shape index (κ3) is 4.09. The Kier molecular flexibility index (Phi) is 5.55. The highest BCUT2D eigenvalue weighted by molar-refractivity contribution is 6.01. The summed E-state index contributed by atoms with van der Waals surface area (Å²) >= 11 is 0. The van der Waals surface area contributed by atoms with Gasteiger partial charge in [0.2, 0.25) is 5.91 Å². The second-order valence-electron chi connectivity index (χ2n) is 4.59. The Morgan fingerprint density at radius 3 is 2.42 bits per heavy atom. The average molecular weight is 263 g/mol. The van der Waals surface area contributed by atoms with Gasteiger partial charge < -0.3 is 10.1 Å². The zero-order valence-electron chi connectivity index (χ0n) is 12.0. The zero-order chi connectivity index (χ0) is 14.4. The van der Waals surface area contributed by atoms with Gasteiger partial charge in [-0.2, -0.15) is 0 Å². The monoisotopic (exact) mass is 263 g/mol. The number of ether oxygens (including phenoxy) is 1. The summed E-state index contributed by atoms with van der Waals surface area (Å²) < 4.78 is 5.22. The van der Waals surface area contributed by atoms with Crippen LogP contribution in [-0.2, 0) is 4.79 Å². The molecule has 0 spiro atoms. The van der Waals surface area contributed by atoms with Gasteiger partial charge in [0.25, 0.3) is 0 Å². The number of aryl methyl sites for hydroxylation is 2. The van der Waals surface area contributed by atoms with Crippen LogP contribution in [0.3, 0.4) is 0 Å². The maximum Gasteiger partial charge on any atom is 0.220 e. The second kappa shape index (κ2) is 6.92. The number of hydrogen-bond acceptors (Lipinski definition) is 3. The van der Waals surface area contributed by atoms with E-state index in [1.807, 2.05) is 32.9 Å². The van der Waals surface area contributed by atoms with Gasteiger partial charge >= 0.3 is 0 Å². The Labute approximate surface area is 114 Å². The highest BCUT2D eigenvalue weighted by Gasteiger charge is 2.14. The summed E-state index contributed by atoms with van der Waals surface area (Å²) in [6, 6.07) is 3.65. The highest BCUT2D eigenvalue weighted by atomic mass is 16.5. The molecule has 4 nitrogen and oxygen atoms in total. The molecule has 0 aromatic heterocycles. The zero-order valence-corrected chi connectivity index (χ0v) is 12.0. The van der Waals surface area contributed by atoms with Crippen LogP contribution in [0.1, 0.15) is 41.3 Å². The van der Waals surface area contributed by atoms with Crippen molar-refractivity contribution in [3.8, 4) is 5.75 Å². The number of hydrogen-bond donors (Lipinski definition) is 1. The first-order valence-electron chi connectivity index (χ1n) is 6.44. The van der Waals surface area contributed by atoms with Gasteiger partial charge in [0, 0.05) is 6.42 Å². The Morgan fingerprint density at radius 2 is 1.84 bits per heavy atom. The molecule has 0 aliphatic carbocycles. The molecule has 0 aliphatic heterocycles. The molecule has 19 heavy (non-hydrogen) atoms. The third-order valence-corrected chi connectivity index (χ3v) is 3.04. The number of amides is 1. The lowest BCUT2D eigenvalue weighted by Gasteiger charge is -2.11. The van der Waals surface area contributed by atoms with Crippen LogP contribution in [0, 0.1) is 13.8 Å². The Bertz CT molecular complexity index is 481. The lowest BCUT2D eigenvalue weighted by molar-refractivity contribution is -0.120. The Morgan fingerprint density at radius 1 is 1.21 bits per heavy atom. The molecular formula is C15H21NO3. The fourth-order valence-corrected chi connectivity index (χ4v) is 1.77. The van der Waals surface area contributed by atoms with Crippen molar-refractivity contribution in [1.29, 1.82) is 0 Å². The van der Waals surface area contributed by atoms with E-state index < -0.39 is 0 Å². The van der Waals surface area contributed by atoms with Gasteiger partial charge in [0.05, 0.1) is 19.2 Å². The van der Waals surface area contributed by atoms with Crippen molar-refractivity contribution in [1.82, 2.24) is 5.32 Å². The van der Waals surface area contributed by atoms with Crippen LogP contribution >= 0.6 is 0 Å². The van der Waals surface area contributed by atoms with E-state index in [1.54, 1.807) is 0 Å². The Hall–Kier alpha value is -1.84. The maximum absolute atomic E-state index is 12.1. The van der Waals surface area contributed by atoms with Crippen LogP contribution in [0.15, 0.2) is 12.1 Å². The van der Waals surface area contributed by atoms with Gasteiger partial charge in [-0.05, 0) is 43.5 Å². The van der Waals surface area contributed by atoms with E-state index in [4.69, 9.17) is 4.74 Å². The summed E-state index contributed by atoms with van der Waals surface area (Å²) in [4.78, 5) is 23.5. The first-order chi connectivity index (χ1) is 8.99. The van der Waals surface area contributed by atoms with E-state index in [1.165, 1.54) is 7.11 Å². The van der Waals surface area contributed by atoms with Gasteiger partial charge in [-0.15, -0.1) is 0 Å². The largest absolute Gasteiger partial charge is 0.496 e. The number of nitrogens with one attached hydrogen (secondary N) is 1. The van der Waals surface area contributed by atoms with Gasteiger partial charge in [-0.1, -0.05) is 6.92 Å². The summed E-state index contributed by atoms with van der Waals surface area (Å²) in [7, 11) is 1.54. The van der Waals surface area contributed by atoms with Crippen LogP contribution in [0.25, 0.3) is 0 Å². The van der Waals surface area contributed by atoms with Gasteiger partial charge in [0.15, 0.2) is 5.78 Å². The fraction of sp³-hybridized carbons (Fsp3) is 0.467. The van der Waals surface area contributed by atoms with Crippen LogP contribution in [0.2, 0.25) is 0 Å². The number of benzene rings is 1. The molecule has 1 rings (SSSR count). The molecule has 0 unspecified atom stereocenters. The summed E-state index contributed by atoms with van der Waals surface area (Å²) in [5.74, 6) is 0.320. The molecule has 0 atom stereocenters. The van der Waals surface area contributed by atoms with E-state index in [0.29, 0.717) is 17.7 Å². The SMILES string of the molecule is CCCC(=O)NCC(=O)c1cc(C)c(C)cc1OC. The maximum atomic E-state index is 12.1. The van der Waals surface area contributed by atoms with E-state index >= 15 is 0 Å². The Balaban J connectivity index is 2.82. The van der Waals surface area contributed by atoms with Gasteiger partial charge in [-0.3, -0.25) is 9.59 Å². The molecule has 0 saturated carbocycles. The van der Waals surface area contributed by atoms with Crippen LogP contribution in [0.5, 0.6) is 5.75 Å². The van der Waals surface area contributed by atoms with Crippen molar-refractivity contribution in [2.24, 2.45) is 0 Å². The van der Waals surface area contributed by atoms with Crippen molar-refractivity contribution in [2.75, 3.05) is 13.7 Å². The van der Waals surface area contributed by atoms with Crippen LogP contribution in [-0.4, -0.2) is 25.3 Å². The number of carbonyl (C=O) groups is 2. The lowest BCUT2D eigenvalue weighted by Crippen LogP contribution is -2.29. The number of Topliss-reactive ketones (excluding diaryl/α,β-unsaturated/α-hetero) is 1. The van der Waals surface area contributed by atoms with Crippen molar-refractivity contribution in [3.63, 3.8) is 0 Å². The highest BCUT2D eigenvalue weighted by Crippen LogP contribution is 2.23. The second-order valence-corrected chi connectivity index (χ2v) is 4.59. The van der Waals surface area contributed by atoms with E-state index in [2.05, 4.69) is 5.32 Å². The average Bonchev–Trinajstić information content (AvgIpc) is 2.39. The molecule has 4 heteroatoms. The molecule has 1 N–H and O–H groups in total. The summed E-state index contributed by atoms with van der Waals surface area (Å²) in [5, 5.41) is 2.62. The molecule has 0 radical (unpaired) electrons. The van der Waals surface area contributed by atoms with Gasteiger partial charge in [-0.25, -0.2) is 0 Å². The fourth-order valence-electron chi connectivity index (χ4n) is 1.77. The molecule has 1 aromatic rings. The molecule has 1 aromatic carbocycles. The van der Waals surface area contributed by atoms with Crippen molar-refractivity contribution >= 4 is 11.7 Å². The number of methoxy groups -OCH3 is 1. The standard InChI is InChI=1S/C15H21NO3/c1-5-6-15(18)16-9-13(17)12-7-10(2)11(3)8-14(12)19-4/h7-8H,5-6,9H2,1-4H3,(H,16,18). The van der Waals surface area contributed by atoms with E-state index in [0.717, 1.165) is 17.5 Å². The first kappa shape index (κ1) is 15.2. The topological polar surface area (TPSA) is 55.4 Å². The molecule has 0 aliphatic rings. The molecular weight excluding hydrogens is 242 g/mol. The van der Waals surface area contributed by atoms with Crippen LogP contribution in [0.4, 0.5) is 0 Å². The van der Waals surface area contributed by atoms with E-state index in [-0.39, 0.29) is 18.2 Å². The third-order valence-electron chi connectivity index (χ3n) is 3.04. The van der Waals surface area contributed by atoms with Crippen molar-refractivity contribution in [2.45, 2.75) is 33.6 Å². The van der Waals surface area contributed by atoms with Crippen molar-refractivity contribution in [3.05, 3.63) is 28.8 Å². The summed E-state index contributed by atoms with van der Waals surface area (Å²) in [6.07, 6.45) is 1.21. The molecule has 0 heterocycles. The summed E-state index contributed by atoms with van der Waals surface area (Å²) in [5.41, 5.74) is 2.62. The molecule has 0 saturated heterocycles. The smallest absolute Gasteiger partial charge is 0.220 e. The lowest BCUT2D eigenvalue weighted by atomic mass is 10.0. The number of ketones is 1. The molecule has 104 valence electrons. The minimum absolute atomic E-state index is 0.0116. The van der Waals surface area contributed by atoms with Crippen LogP contribution < -0.4 is 10.1 Å². The number of rotatable bonds is 6. The summed E-state index contributed by atoms with van der Waals surface area (Å²) in [6.45, 7) is 5.85.